The predicted octanol–water partition coefficient (Wildman–Crippen LogP) is 4.70. The molecule has 0 radical (unpaired) electrons. The number of H-pyrrole nitrogens is 1. The Kier molecular flexibility index (Phi) is 9.64. The largest absolute Gasteiger partial charge is 0.395 e. The summed E-state index contributed by atoms with van der Waals surface area (Å²) in [5.74, 6) is 0.700. The first kappa shape index (κ1) is 23.7. The van der Waals surface area contributed by atoms with E-state index in [0.717, 1.165) is 49.5 Å². The Bertz CT molecular complexity index is 898. The molecule has 3 rings (SSSR count). The van der Waals surface area contributed by atoms with Crippen molar-refractivity contribution in [3.05, 3.63) is 42.1 Å². The standard InChI is InChI=1S/C22H32N6.C2H6/c1-4-28(5-2)12-6-10-25-15-16-7-8-19-17(13-16)14-20(27-19)18-9-11-26-22(24-3)21(18)23;1-2/h7-9,11,13-14,25,27H,4-6,10,12,15,23H2,1-3H3,(H,24,26);1-2H3. The smallest absolute Gasteiger partial charge is 0.149 e. The highest BCUT2D eigenvalue weighted by molar-refractivity contribution is 5.90. The quantitative estimate of drug-likeness (QED) is 0.364. The maximum absolute atomic E-state index is 6.25. The lowest BCUT2D eigenvalue weighted by molar-refractivity contribution is 0.298. The second kappa shape index (κ2) is 12.2. The van der Waals surface area contributed by atoms with Gasteiger partial charge in [0.25, 0.3) is 0 Å². The maximum atomic E-state index is 6.25. The number of nitrogens with zero attached hydrogens (tertiary/aromatic N) is 2. The summed E-state index contributed by atoms with van der Waals surface area (Å²) in [7, 11) is 1.83. The Labute approximate surface area is 181 Å². The Morgan fingerprint density at radius 2 is 1.87 bits per heavy atom. The van der Waals surface area contributed by atoms with Crippen LogP contribution in [0.5, 0.6) is 0 Å². The molecule has 0 fully saturated rings. The van der Waals surface area contributed by atoms with Crippen LogP contribution in [-0.4, -0.2) is 48.1 Å². The Morgan fingerprint density at radius 3 is 2.57 bits per heavy atom. The summed E-state index contributed by atoms with van der Waals surface area (Å²) in [6.07, 6.45) is 2.95. The number of hydrogen-bond donors (Lipinski definition) is 4. The van der Waals surface area contributed by atoms with Gasteiger partial charge >= 0.3 is 0 Å². The third-order valence-electron chi connectivity index (χ3n) is 5.25. The van der Waals surface area contributed by atoms with Crippen molar-refractivity contribution in [2.75, 3.05) is 44.3 Å². The van der Waals surface area contributed by atoms with Crippen LogP contribution in [0.3, 0.4) is 0 Å². The third-order valence-corrected chi connectivity index (χ3v) is 5.25. The molecule has 5 N–H and O–H groups in total. The van der Waals surface area contributed by atoms with Gasteiger partial charge in [-0.1, -0.05) is 33.8 Å². The molecular weight excluding hydrogens is 372 g/mol. The van der Waals surface area contributed by atoms with E-state index < -0.39 is 0 Å². The van der Waals surface area contributed by atoms with E-state index >= 15 is 0 Å². The number of nitrogens with two attached hydrogens (primary N) is 1. The van der Waals surface area contributed by atoms with Gasteiger partial charge < -0.3 is 26.3 Å². The molecule has 0 spiro atoms. The van der Waals surface area contributed by atoms with Crippen LogP contribution in [0.25, 0.3) is 22.2 Å². The van der Waals surface area contributed by atoms with E-state index in [1.54, 1.807) is 6.20 Å². The first-order valence-corrected chi connectivity index (χ1v) is 11.1. The van der Waals surface area contributed by atoms with Crippen molar-refractivity contribution in [1.82, 2.24) is 20.2 Å². The average Bonchev–Trinajstić information content (AvgIpc) is 3.21. The first-order chi connectivity index (χ1) is 14.7. The molecule has 0 aliphatic heterocycles. The third kappa shape index (κ3) is 5.97. The van der Waals surface area contributed by atoms with E-state index in [0.29, 0.717) is 11.5 Å². The molecule has 0 saturated carbocycles. The zero-order valence-electron chi connectivity index (χ0n) is 19.2. The molecule has 3 aromatic rings. The Hall–Kier alpha value is -2.57. The number of fused-ring (bicyclic) bond motifs is 1. The van der Waals surface area contributed by atoms with E-state index in [4.69, 9.17) is 5.73 Å². The Morgan fingerprint density at radius 1 is 1.10 bits per heavy atom. The fourth-order valence-electron chi connectivity index (χ4n) is 3.54. The summed E-state index contributed by atoms with van der Waals surface area (Å²) >= 11 is 0. The summed E-state index contributed by atoms with van der Waals surface area (Å²) in [6, 6.07) is 10.7. The lowest BCUT2D eigenvalue weighted by atomic mass is 10.1. The summed E-state index contributed by atoms with van der Waals surface area (Å²) in [6.45, 7) is 13.8. The molecule has 0 aliphatic carbocycles. The molecule has 0 unspecified atom stereocenters. The minimum absolute atomic E-state index is 0.659. The minimum Gasteiger partial charge on any atom is -0.395 e. The van der Waals surface area contributed by atoms with Crippen molar-refractivity contribution in [3.8, 4) is 11.3 Å². The number of aromatic amines is 1. The maximum Gasteiger partial charge on any atom is 0.149 e. The van der Waals surface area contributed by atoms with Crippen molar-refractivity contribution >= 4 is 22.4 Å². The van der Waals surface area contributed by atoms with Crippen LogP contribution >= 0.6 is 0 Å². The number of benzene rings is 1. The van der Waals surface area contributed by atoms with Crippen LogP contribution < -0.4 is 16.4 Å². The molecule has 2 heterocycles. The molecule has 1 aromatic carbocycles. The highest BCUT2D eigenvalue weighted by Crippen LogP contribution is 2.31. The zero-order valence-corrected chi connectivity index (χ0v) is 19.2. The van der Waals surface area contributed by atoms with E-state index in [9.17, 15) is 0 Å². The van der Waals surface area contributed by atoms with Gasteiger partial charge in [0.2, 0.25) is 0 Å². The highest BCUT2D eigenvalue weighted by atomic mass is 15.1. The molecule has 0 bridgehead atoms. The second-order valence-electron chi connectivity index (χ2n) is 7.03. The number of nitrogens with one attached hydrogen (secondary N) is 3. The molecule has 0 amide bonds. The predicted molar refractivity (Wildman–Crippen MR) is 131 cm³/mol. The topological polar surface area (TPSA) is 82.0 Å². The Balaban J connectivity index is 0.00000155. The van der Waals surface area contributed by atoms with Gasteiger partial charge in [0.1, 0.15) is 5.82 Å². The molecule has 30 heavy (non-hydrogen) atoms. The number of rotatable bonds is 10. The molecule has 0 aliphatic rings. The average molecular weight is 411 g/mol. The summed E-state index contributed by atoms with van der Waals surface area (Å²) in [5, 5.41) is 7.79. The number of anilines is 2. The van der Waals surface area contributed by atoms with Gasteiger partial charge in [-0.25, -0.2) is 4.98 Å². The van der Waals surface area contributed by atoms with Crippen LogP contribution in [0.1, 0.15) is 39.7 Å². The van der Waals surface area contributed by atoms with Crippen LogP contribution in [0.4, 0.5) is 11.5 Å². The van der Waals surface area contributed by atoms with Gasteiger partial charge in [-0.15, -0.1) is 0 Å². The van der Waals surface area contributed by atoms with Gasteiger partial charge in [0, 0.05) is 41.9 Å². The molecule has 2 aromatic heterocycles. The summed E-state index contributed by atoms with van der Waals surface area (Å²) in [4.78, 5) is 10.2. The van der Waals surface area contributed by atoms with E-state index in [2.05, 4.69) is 63.6 Å². The summed E-state index contributed by atoms with van der Waals surface area (Å²) < 4.78 is 0. The molecule has 6 heteroatoms. The highest BCUT2D eigenvalue weighted by Gasteiger charge is 2.10. The van der Waals surface area contributed by atoms with Crippen molar-refractivity contribution in [2.24, 2.45) is 0 Å². The van der Waals surface area contributed by atoms with Gasteiger partial charge in [-0.3, -0.25) is 0 Å². The number of pyridine rings is 1. The molecule has 164 valence electrons. The number of aromatic nitrogens is 2. The lowest BCUT2D eigenvalue weighted by Crippen LogP contribution is -2.27. The van der Waals surface area contributed by atoms with Gasteiger partial charge in [0.05, 0.1) is 5.69 Å². The fraction of sp³-hybridized carbons (Fsp3) is 0.458. The van der Waals surface area contributed by atoms with Gasteiger partial charge in [0.15, 0.2) is 0 Å². The van der Waals surface area contributed by atoms with Gasteiger partial charge in [-0.05, 0) is 62.4 Å². The van der Waals surface area contributed by atoms with E-state index in [1.807, 2.05) is 27.0 Å². The van der Waals surface area contributed by atoms with Crippen LogP contribution in [0, 0.1) is 0 Å². The molecule has 6 nitrogen and oxygen atoms in total. The molecular formula is C24H38N6. The van der Waals surface area contributed by atoms with Crippen molar-refractivity contribution in [3.63, 3.8) is 0 Å². The molecule has 0 saturated heterocycles. The first-order valence-electron chi connectivity index (χ1n) is 11.1. The number of hydrogen-bond acceptors (Lipinski definition) is 5. The van der Waals surface area contributed by atoms with E-state index in [-0.39, 0.29) is 0 Å². The minimum atomic E-state index is 0.659. The van der Waals surface area contributed by atoms with Crippen LogP contribution in [-0.2, 0) is 6.54 Å². The normalized spacial score (nSPS) is 10.9. The van der Waals surface area contributed by atoms with Gasteiger partial charge in [-0.2, -0.15) is 0 Å². The van der Waals surface area contributed by atoms with Crippen molar-refractivity contribution in [1.29, 1.82) is 0 Å². The fourth-order valence-corrected chi connectivity index (χ4v) is 3.54. The van der Waals surface area contributed by atoms with E-state index in [1.165, 1.54) is 17.4 Å². The van der Waals surface area contributed by atoms with Crippen LogP contribution in [0.2, 0.25) is 0 Å². The second-order valence-corrected chi connectivity index (χ2v) is 7.03. The molecule has 0 atom stereocenters. The number of nitrogen functional groups attached to an aromatic ring is 1. The van der Waals surface area contributed by atoms with Crippen molar-refractivity contribution < 1.29 is 0 Å². The SMILES string of the molecule is CC.CCN(CC)CCCNCc1ccc2[nH]c(-c3ccnc(NC)c3N)cc2c1. The zero-order chi connectivity index (χ0) is 21.9. The van der Waals surface area contributed by atoms with Crippen molar-refractivity contribution in [2.45, 2.75) is 40.7 Å². The summed E-state index contributed by atoms with van der Waals surface area (Å²) in [5.41, 5.74) is 11.3. The van der Waals surface area contributed by atoms with Crippen LogP contribution in [0.15, 0.2) is 36.5 Å². The lowest BCUT2D eigenvalue weighted by Gasteiger charge is -2.17. The monoisotopic (exact) mass is 410 g/mol.